The van der Waals surface area contributed by atoms with Crippen LogP contribution in [0.5, 0.6) is 0 Å². The number of nitrogens with two attached hydrogens (primary N) is 1. The van der Waals surface area contributed by atoms with Crippen molar-refractivity contribution in [3.8, 4) is 0 Å². The van der Waals surface area contributed by atoms with Crippen molar-refractivity contribution in [2.24, 2.45) is 5.73 Å². The molecule has 16 heavy (non-hydrogen) atoms. The highest BCUT2D eigenvalue weighted by atomic mass is 33.1. The molecule has 0 saturated heterocycles. The van der Waals surface area contributed by atoms with E-state index in [1.165, 1.54) is 17.2 Å². The molecule has 0 aromatic carbocycles. The molecular weight excluding hydrogens is 246 g/mol. The van der Waals surface area contributed by atoms with Crippen molar-refractivity contribution < 1.29 is 14.6 Å². The third kappa shape index (κ3) is 10.6. The molecule has 0 bridgehead atoms. The second-order valence-electron chi connectivity index (χ2n) is 3.31. The fourth-order valence-corrected chi connectivity index (χ4v) is 3.20. The summed E-state index contributed by atoms with van der Waals surface area (Å²) in [6.45, 7) is 3.63. The topological polar surface area (TPSA) is 72.5 Å². The fourth-order valence-electron chi connectivity index (χ4n) is 0.938. The maximum atomic E-state index is 10.4. The number of aliphatic carboxylic acids is 1. The lowest BCUT2D eigenvalue weighted by Gasteiger charge is -2.05. The van der Waals surface area contributed by atoms with E-state index in [4.69, 9.17) is 15.6 Å². The molecule has 0 amide bonds. The third-order valence-corrected chi connectivity index (χ3v) is 4.39. The second-order valence-corrected chi connectivity index (χ2v) is 5.94. The lowest BCUT2D eigenvalue weighted by molar-refractivity contribution is -0.137. The molecular formula is C10H21NO3S2. The van der Waals surface area contributed by atoms with E-state index in [1.807, 2.05) is 6.92 Å². The normalized spacial score (nSPS) is 12.6. The van der Waals surface area contributed by atoms with Crippen LogP contribution >= 0.6 is 21.6 Å². The van der Waals surface area contributed by atoms with E-state index in [0.29, 0.717) is 5.75 Å². The van der Waals surface area contributed by atoms with Gasteiger partial charge in [0.15, 0.2) is 0 Å². The highest BCUT2D eigenvalue weighted by molar-refractivity contribution is 8.76. The van der Waals surface area contributed by atoms with Gasteiger partial charge in [-0.05, 0) is 19.8 Å². The zero-order valence-electron chi connectivity index (χ0n) is 9.68. The standard InChI is InChI=1S/C10H21NO3S2/c1-2-14-6-4-3-5-7-15-16-8-9(11)10(12)13/h9H,2-8,11H2,1H3,(H,12,13). The summed E-state index contributed by atoms with van der Waals surface area (Å²) in [5, 5.41) is 8.54. The molecule has 1 unspecified atom stereocenters. The first-order valence-corrected chi connectivity index (χ1v) is 7.97. The van der Waals surface area contributed by atoms with Crippen LogP contribution in [0, 0.1) is 0 Å². The van der Waals surface area contributed by atoms with Crippen LogP contribution in [0.25, 0.3) is 0 Å². The van der Waals surface area contributed by atoms with Crippen LogP contribution in [-0.4, -0.2) is 41.8 Å². The van der Waals surface area contributed by atoms with Gasteiger partial charge in [-0.1, -0.05) is 28.0 Å². The molecule has 0 aliphatic heterocycles. The van der Waals surface area contributed by atoms with Gasteiger partial charge in [0.05, 0.1) is 0 Å². The van der Waals surface area contributed by atoms with Gasteiger partial charge in [-0.3, -0.25) is 4.79 Å². The van der Waals surface area contributed by atoms with Crippen LogP contribution in [0.3, 0.4) is 0 Å². The Morgan fingerprint density at radius 2 is 2.12 bits per heavy atom. The predicted octanol–water partition coefficient (Wildman–Crippen LogP) is 1.99. The Morgan fingerprint density at radius 1 is 1.38 bits per heavy atom. The number of carboxylic acids is 1. The van der Waals surface area contributed by atoms with Gasteiger partial charge in [0.1, 0.15) is 6.04 Å². The lowest BCUT2D eigenvalue weighted by atomic mass is 10.3. The maximum absolute atomic E-state index is 10.4. The molecule has 3 N–H and O–H groups in total. The first kappa shape index (κ1) is 16.1. The van der Waals surface area contributed by atoms with Crippen LogP contribution in [0.4, 0.5) is 0 Å². The van der Waals surface area contributed by atoms with Crippen LogP contribution in [0.2, 0.25) is 0 Å². The van der Waals surface area contributed by atoms with Gasteiger partial charge in [0.2, 0.25) is 0 Å². The van der Waals surface area contributed by atoms with Gasteiger partial charge >= 0.3 is 5.97 Å². The predicted molar refractivity (Wildman–Crippen MR) is 70.9 cm³/mol. The first-order chi connectivity index (χ1) is 7.68. The van der Waals surface area contributed by atoms with E-state index in [-0.39, 0.29) is 0 Å². The Hall–Kier alpha value is 0.0900. The number of rotatable bonds is 11. The van der Waals surface area contributed by atoms with E-state index < -0.39 is 12.0 Å². The molecule has 0 saturated carbocycles. The Balaban J connectivity index is 3.07. The van der Waals surface area contributed by atoms with E-state index >= 15 is 0 Å². The van der Waals surface area contributed by atoms with Crippen molar-refractivity contribution in [3.05, 3.63) is 0 Å². The minimum absolute atomic E-state index is 0.471. The maximum Gasteiger partial charge on any atom is 0.321 e. The lowest BCUT2D eigenvalue weighted by Crippen LogP contribution is -2.32. The van der Waals surface area contributed by atoms with E-state index in [2.05, 4.69) is 0 Å². The largest absolute Gasteiger partial charge is 0.480 e. The van der Waals surface area contributed by atoms with Crippen LogP contribution in [-0.2, 0) is 9.53 Å². The van der Waals surface area contributed by atoms with Crippen LogP contribution in [0.15, 0.2) is 0 Å². The molecule has 0 heterocycles. The van der Waals surface area contributed by atoms with Crippen molar-refractivity contribution in [3.63, 3.8) is 0 Å². The molecule has 0 aliphatic rings. The molecule has 4 nitrogen and oxygen atoms in total. The summed E-state index contributed by atoms with van der Waals surface area (Å²) in [6.07, 6.45) is 3.42. The van der Waals surface area contributed by atoms with Crippen molar-refractivity contribution >= 4 is 27.6 Å². The number of hydrogen-bond acceptors (Lipinski definition) is 5. The van der Waals surface area contributed by atoms with Crippen LogP contribution in [0.1, 0.15) is 26.2 Å². The summed E-state index contributed by atoms with van der Waals surface area (Å²) in [4.78, 5) is 10.4. The first-order valence-electron chi connectivity index (χ1n) is 5.49. The summed E-state index contributed by atoms with van der Waals surface area (Å²) in [6, 6.07) is -0.740. The smallest absolute Gasteiger partial charge is 0.321 e. The minimum atomic E-state index is -0.926. The van der Waals surface area contributed by atoms with Gasteiger partial charge in [-0.2, -0.15) is 0 Å². The Kier molecular flexibility index (Phi) is 11.6. The number of ether oxygens (including phenoxy) is 1. The summed E-state index contributed by atoms with van der Waals surface area (Å²) in [5.41, 5.74) is 5.36. The molecule has 0 fully saturated rings. The SMILES string of the molecule is CCOCCCCCSSCC(N)C(=O)O. The Morgan fingerprint density at radius 3 is 2.75 bits per heavy atom. The summed E-state index contributed by atoms with van der Waals surface area (Å²) >= 11 is 0. The third-order valence-electron chi connectivity index (χ3n) is 1.87. The van der Waals surface area contributed by atoms with Gasteiger partial charge in [0, 0.05) is 24.7 Å². The van der Waals surface area contributed by atoms with Crippen LogP contribution < -0.4 is 5.73 Å². The summed E-state index contributed by atoms with van der Waals surface area (Å²) in [7, 11) is 3.23. The molecule has 6 heteroatoms. The highest BCUT2D eigenvalue weighted by Crippen LogP contribution is 2.23. The molecule has 0 aliphatic carbocycles. The molecule has 96 valence electrons. The summed E-state index contributed by atoms with van der Waals surface area (Å²) in [5.74, 6) is 0.590. The molecule has 1 atom stereocenters. The molecule has 0 radical (unpaired) electrons. The molecule has 0 spiro atoms. The quantitative estimate of drug-likeness (QED) is 0.440. The number of carbonyl (C=O) groups is 1. The van der Waals surface area contributed by atoms with Crippen molar-refractivity contribution in [2.45, 2.75) is 32.2 Å². The highest BCUT2D eigenvalue weighted by Gasteiger charge is 2.10. The van der Waals surface area contributed by atoms with Crippen molar-refractivity contribution in [1.82, 2.24) is 0 Å². The molecule has 0 rings (SSSR count). The second kappa shape index (κ2) is 11.6. The average Bonchev–Trinajstić information content (AvgIpc) is 2.26. The number of hydrogen-bond donors (Lipinski definition) is 2. The number of unbranched alkanes of at least 4 members (excludes halogenated alkanes) is 2. The minimum Gasteiger partial charge on any atom is -0.480 e. The number of carboxylic acid groups (broad SMARTS) is 1. The Bertz CT molecular complexity index is 181. The summed E-state index contributed by atoms with van der Waals surface area (Å²) < 4.78 is 5.23. The average molecular weight is 267 g/mol. The molecule has 0 aromatic heterocycles. The zero-order valence-corrected chi connectivity index (χ0v) is 11.3. The monoisotopic (exact) mass is 267 g/mol. The van der Waals surface area contributed by atoms with Crippen molar-refractivity contribution in [1.29, 1.82) is 0 Å². The molecule has 0 aromatic rings. The van der Waals surface area contributed by atoms with Gasteiger partial charge in [0.25, 0.3) is 0 Å². The Labute approximate surface area is 105 Å². The van der Waals surface area contributed by atoms with E-state index in [9.17, 15) is 4.79 Å². The zero-order chi connectivity index (χ0) is 12.2. The van der Waals surface area contributed by atoms with E-state index in [1.54, 1.807) is 10.8 Å². The van der Waals surface area contributed by atoms with Gasteiger partial charge in [-0.25, -0.2) is 0 Å². The fraction of sp³-hybridized carbons (Fsp3) is 0.900. The van der Waals surface area contributed by atoms with E-state index in [0.717, 1.165) is 31.8 Å². The van der Waals surface area contributed by atoms with Gasteiger partial charge in [-0.15, -0.1) is 0 Å². The van der Waals surface area contributed by atoms with Gasteiger partial charge < -0.3 is 15.6 Å². The van der Waals surface area contributed by atoms with Crippen molar-refractivity contribution in [2.75, 3.05) is 24.7 Å².